The number of nitrogens with zero attached hydrogens (tertiary/aromatic N) is 4. The lowest BCUT2D eigenvalue weighted by Crippen LogP contribution is -2.56. The zero-order valence-corrected chi connectivity index (χ0v) is 23.9. The lowest BCUT2D eigenvalue weighted by Gasteiger charge is -2.51. The number of amides is 3. The Morgan fingerprint density at radius 1 is 1.00 bits per heavy atom. The van der Waals surface area contributed by atoms with Crippen molar-refractivity contribution in [2.24, 2.45) is 5.92 Å². The van der Waals surface area contributed by atoms with Crippen molar-refractivity contribution in [3.8, 4) is 0 Å². The molecule has 2 saturated heterocycles. The molecule has 8 heteroatoms. The third-order valence-electron chi connectivity index (χ3n) is 9.98. The van der Waals surface area contributed by atoms with E-state index in [1.54, 1.807) is 0 Å². The number of benzene rings is 1. The Bertz CT molecular complexity index is 1010. The second-order valence-corrected chi connectivity index (χ2v) is 12.4. The number of morpholine rings is 1. The van der Waals surface area contributed by atoms with Crippen LogP contribution < -0.4 is 0 Å². The van der Waals surface area contributed by atoms with Crippen molar-refractivity contribution in [1.29, 1.82) is 0 Å². The standard InChI is InChI=1S/C31H46N4O4/c1-32(2)31(26-10-4-3-5-11-26)16-14-30(15-17-31)24-34(29(38)35(30)22-25-8-6-9-25)23-27(36)12-7-13-28(37)33-18-20-39-21-19-33/h3-5,10-11,25H,6-9,12-24H2,1-2H3. The van der Waals surface area contributed by atoms with Gasteiger partial charge >= 0.3 is 6.03 Å². The summed E-state index contributed by atoms with van der Waals surface area (Å²) in [6.07, 6.45) is 8.77. The topological polar surface area (TPSA) is 73.4 Å². The summed E-state index contributed by atoms with van der Waals surface area (Å²) in [5, 5.41) is 0. The van der Waals surface area contributed by atoms with Crippen molar-refractivity contribution in [1.82, 2.24) is 19.6 Å². The summed E-state index contributed by atoms with van der Waals surface area (Å²) in [5.41, 5.74) is 1.11. The van der Waals surface area contributed by atoms with E-state index in [1.165, 1.54) is 24.8 Å². The monoisotopic (exact) mass is 538 g/mol. The molecule has 0 aromatic heterocycles. The largest absolute Gasteiger partial charge is 0.378 e. The van der Waals surface area contributed by atoms with Gasteiger partial charge in [-0.1, -0.05) is 36.8 Å². The van der Waals surface area contributed by atoms with E-state index in [-0.39, 0.29) is 35.3 Å². The molecule has 214 valence electrons. The first kappa shape index (κ1) is 28.1. The number of hydrogen-bond donors (Lipinski definition) is 0. The maximum Gasteiger partial charge on any atom is 0.321 e. The molecule has 4 fully saturated rings. The van der Waals surface area contributed by atoms with Crippen LogP contribution in [0, 0.1) is 5.92 Å². The van der Waals surface area contributed by atoms with Gasteiger partial charge in [-0.15, -0.1) is 0 Å². The van der Waals surface area contributed by atoms with Gasteiger partial charge in [0.05, 0.1) is 25.3 Å². The average molecular weight is 539 g/mol. The van der Waals surface area contributed by atoms with Crippen molar-refractivity contribution in [3.05, 3.63) is 35.9 Å². The molecule has 0 radical (unpaired) electrons. The predicted octanol–water partition coefficient (Wildman–Crippen LogP) is 3.89. The summed E-state index contributed by atoms with van der Waals surface area (Å²) in [5.74, 6) is 0.739. The van der Waals surface area contributed by atoms with Crippen molar-refractivity contribution in [2.75, 3.05) is 60.0 Å². The Balaban J connectivity index is 1.22. The van der Waals surface area contributed by atoms with Crippen LogP contribution in [0.5, 0.6) is 0 Å². The minimum Gasteiger partial charge on any atom is -0.378 e. The number of ether oxygens (including phenoxy) is 1. The van der Waals surface area contributed by atoms with Crippen LogP contribution in [0.3, 0.4) is 0 Å². The van der Waals surface area contributed by atoms with Crippen molar-refractivity contribution < 1.29 is 19.1 Å². The van der Waals surface area contributed by atoms with Gasteiger partial charge < -0.3 is 19.4 Å². The van der Waals surface area contributed by atoms with Crippen molar-refractivity contribution in [2.45, 2.75) is 75.3 Å². The molecular formula is C31H46N4O4. The Morgan fingerprint density at radius 3 is 2.31 bits per heavy atom. The fourth-order valence-corrected chi connectivity index (χ4v) is 7.21. The number of carbonyl (C=O) groups excluding carboxylic acids is 3. The molecule has 4 aliphatic rings. The summed E-state index contributed by atoms with van der Waals surface area (Å²) in [6.45, 7) is 4.04. The molecular weight excluding hydrogens is 492 g/mol. The smallest absolute Gasteiger partial charge is 0.321 e. The first-order valence-corrected chi connectivity index (χ1v) is 15.0. The highest BCUT2D eigenvalue weighted by atomic mass is 16.5. The normalized spacial score (nSPS) is 27.9. The highest BCUT2D eigenvalue weighted by molar-refractivity contribution is 5.87. The first-order valence-electron chi connectivity index (χ1n) is 15.0. The van der Waals surface area contributed by atoms with Crippen molar-refractivity contribution in [3.63, 3.8) is 0 Å². The second-order valence-electron chi connectivity index (χ2n) is 12.4. The maximum atomic E-state index is 13.8. The molecule has 0 N–H and O–H groups in total. The number of hydrogen-bond acceptors (Lipinski definition) is 5. The number of ketones is 1. The van der Waals surface area contributed by atoms with E-state index in [0.717, 1.165) is 32.2 Å². The van der Waals surface area contributed by atoms with E-state index in [1.807, 2.05) is 9.80 Å². The Kier molecular flexibility index (Phi) is 8.62. The summed E-state index contributed by atoms with van der Waals surface area (Å²) >= 11 is 0. The van der Waals surface area contributed by atoms with Crippen LogP contribution in [0.2, 0.25) is 0 Å². The minimum atomic E-state index is -0.201. The summed E-state index contributed by atoms with van der Waals surface area (Å²) in [7, 11) is 4.34. The van der Waals surface area contributed by atoms with Crippen LogP contribution in [0.1, 0.15) is 69.8 Å². The van der Waals surface area contributed by atoms with Gasteiger partial charge in [0.2, 0.25) is 5.91 Å². The Morgan fingerprint density at radius 2 is 1.69 bits per heavy atom. The predicted molar refractivity (Wildman–Crippen MR) is 150 cm³/mol. The SMILES string of the molecule is CN(C)C1(c2ccccc2)CCC2(CC1)CN(CC(=O)CCCC(=O)N1CCOCC1)C(=O)N2CC1CCC1. The van der Waals surface area contributed by atoms with E-state index in [2.05, 4.69) is 54.2 Å². The molecule has 3 amide bonds. The molecule has 2 heterocycles. The molecule has 39 heavy (non-hydrogen) atoms. The van der Waals surface area contributed by atoms with E-state index in [0.29, 0.717) is 58.0 Å². The summed E-state index contributed by atoms with van der Waals surface area (Å²) in [6, 6.07) is 10.8. The molecule has 1 aromatic rings. The zero-order chi connectivity index (χ0) is 27.5. The fraction of sp³-hybridized carbons (Fsp3) is 0.710. The lowest BCUT2D eigenvalue weighted by atomic mass is 9.68. The molecule has 2 aliphatic carbocycles. The number of rotatable bonds is 10. The minimum absolute atomic E-state index is 0.0338. The van der Waals surface area contributed by atoms with E-state index in [9.17, 15) is 14.4 Å². The number of Topliss-reactive ketones (excluding diaryl/α,β-unsaturated/α-hetero) is 1. The van der Waals surface area contributed by atoms with Gasteiger partial charge in [-0.3, -0.25) is 14.5 Å². The number of carbonyl (C=O) groups is 3. The van der Waals surface area contributed by atoms with Gasteiger partial charge in [-0.05, 0) is 70.5 Å². The summed E-state index contributed by atoms with van der Waals surface area (Å²) < 4.78 is 5.32. The molecule has 2 aliphatic heterocycles. The zero-order valence-electron chi connectivity index (χ0n) is 23.9. The molecule has 0 atom stereocenters. The van der Waals surface area contributed by atoms with Gasteiger partial charge in [0, 0.05) is 44.6 Å². The molecule has 5 rings (SSSR count). The average Bonchev–Trinajstić information content (AvgIpc) is 3.17. The molecule has 0 unspecified atom stereocenters. The quantitative estimate of drug-likeness (QED) is 0.452. The van der Waals surface area contributed by atoms with Gasteiger partial charge in [0.25, 0.3) is 0 Å². The lowest BCUT2D eigenvalue weighted by molar-refractivity contribution is -0.135. The highest BCUT2D eigenvalue weighted by Gasteiger charge is 2.55. The van der Waals surface area contributed by atoms with Gasteiger partial charge in [0.1, 0.15) is 0 Å². The maximum absolute atomic E-state index is 13.8. The van der Waals surface area contributed by atoms with Crippen LogP contribution in [-0.4, -0.2) is 103 Å². The third kappa shape index (κ3) is 5.87. The van der Waals surface area contributed by atoms with E-state index >= 15 is 0 Å². The summed E-state index contributed by atoms with van der Waals surface area (Å²) in [4.78, 5) is 47.4. The van der Waals surface area contributed by atoms with Crippen LogP contribution in [-0.2, 0) is 19.9 Å². The highest BCUT2D eigenvalue weighted by Crippen LogP contribution is 2.49. The van der Waals surface area contributed by atoms with Crippen molar-refractivity contribution >= 4 is 17.7 Å². The van der Waals surface area contributed by atoms with E-state index in [4.69, 9.17) is 4.74 Å². The van der Waals surface area contributed by atoms with E-state index < -0.39 is 0 Å². The Labute approximate surface area is 233 Å². The van der Waals surface area contributed by atoms with Gasteiger partial charge in [-0.2, -0.15) is 0 Å². The Hall–Kier alpha value is -2.45. The van der Waals surface area contributed by atoms with Crippen LogP contribution >= 0.6 is 0 Å². The second kappa shape index (κ2) is 12.0. The van der Waals surface area contributed by atoms with Gasteiger partial charge in [-0.25, -0.2) is 4.79 Å². The third-order valence-corrected chi connectivity index (χ3v) is 9.98. The number of urea groups is 1. The fourth-order valence-electron chi connectivity index (χ4n) is 7.21. The van der Waals surface area contributed by atoms with Crippen LogP contribution in [0.15, 0.2) is 30.3 Å². The first-order chi connectivity index (χ1) is 18.8. The molecule has 1 spiro atoms. The molecule has 1 aromatic carbocycles. The van der Waals surface area contributed by atoms with Gasteiger partial charge in [0.15, 0.2) is 5.78 Å². The van der Waals surface area contributed by atoms with Crippen LogP contribution in [0.25, 0.3) is 0 Å². The van der Waals surface area contributed by atoms with Crippen LogP contribution in [0.4, 0.5) is 4.79 Å². The molecule has 0 bridgehead atoms. The molecule has 2 saturated carbocycles. The molecule has 8 nitrogen and oxygen atoms in total.